The van der Waals surface area contributed by atoms with Crippen molar-refractivity contribution in [2.24, 2.45) is 0 Å². The molecule has 1 N–H and O–H groups in total. The molecule has 0 aromatic heterocycles. The van der Waals surface area contributed by atoms with E-state index in [9.17, 15) is 14.7 Å². The first-order valence-electron chi connectivity index (χ1n) is 12.8. The molecule has 1 fully saturated rings. The first-order chi connectivity index (χ1) is 17.4. The van der Waals surface area contributed by atoms with E-state index in [1.807, 2.05) is 24.3 Å². The van der Waals surface area contributed by atoms with E-state index in [0.717, 1.165) is 57.3 Å². The molecule has 0 radical (unpaired) electrons. The summed E-state index contributed by atoms with van der Waals surface area (Å²) in [7, 11) is 1.57. The number of nitrogens with zero attached hydrogens (tertiary/aromatic N) is 2. The van der Waals surface area contributed by atoms with Gasteiger partial charge >= 0.3 is 0 Å². The van der Waals surface area contributed by atoms with Gasteiger partial charge in [-0.1, -0.05) is 50.4 Å². The number of carbonyl (C=O) groups is 2. The number of ether oxygens (including phenoxy) is 1. The molecule has 1 unspecified atom stereocenters. The van der Waals surface area contributed by atoms with E-state index < -0.39 is 17.7 Å². The summed E-state index contributed by atoms with van der Waals surface area (Å²) in [6.07, 6.45) is 5.29. The lowest BCUT2D eigenvalue weighted by molar-refractivity contribution is -0.140. The van der Waals surface area contributed by atoms with Gasteiger partial charge in [-0.05, 0) is 80.9 Å². The maximum atomic E-state index is 13.2. The van der Waals surface area contributed by atoms with Crippen molar-refractivity contribution in [1.29, 1.82) is 0 Å². The normalized spacial score (nSPS) is 17.2. The van der Waals surface area contributed by atoms with E-state index in [2.05, 4.69) is 18.7 Å². The zero-order valence-electron chi connectivity index (χ0n) is 21.5. The average Bonchev–Trinajstić information content (AvgIpc) is 3.15. The number of likely N-dealkylation sites (tertiary alicyclic amines) is 1. The number of methoxy groups -OCH3 is 1. The summed E-state index contributed by atoms with van der Waals surface area (Å²) >= 11 is 6.01. The maximum absolute atomic E-state index is 13.2. The molecule has 36 heavy (non-hydrogen) atoms. The van der Waals surface area contributed by atoms with Gasteiger partial charge in [0.1, 0.15) is 11.5 Å². The van der Waals surface area contributed by atoms with Gasteiger partial charge in [-0.2, -0.15) is 0 Å². The number of benzene rings is 2. The van der Waals surface area contributed by atoms with Crippen molar-refractivity contribution in [3.8, 4) is 5.75 Å². The van der Waals surface area contributed by atoms with Crippen LogP contribution >= 0.6 is 11.6 Å². The SMILES string of the molecule is CCCCN(CCCC)CCCN1C(=O)C(=O)/C(=C(\O)c2ccc(Cl)cc2)C1c1cccc(OC)c1. The second-order valence-corrected chi connectivity index (χ2v) is 9.61. The van der Waals surface area contributed by atoms with E-state index in [1.54, 1.807) is 36.3 Å². The first kappa shape index (κ1) is 27.8. The Kier molecular flexibility index (Phi) is 10.4. The third-order valence-corrected chi connectivity index (χ3v) is 6.85. The van der Waals surface area contributed by atoms with Crippen LogP contribution < -0.4 is 4.74 Å². The number of ketones is 1. The first-order valence-corrected chi connectivity index (χ1v) is 13.2. The zero-order chi connectivity index (χ0) is 26.1. The fourth-order valence-corrected chi connectivity index (χ4v) is 4.72. The summed E-state index contributed by atoms with van der Waals surface area (Å²) in [6.45, 7) is 7.71. The highest BCUT2D eigenvalue weighted by atomic mass is 35.5. The molecular weight excluding hydrogens is 476 g/mol. The molecule has 6 nitrogen and oxygen atoms in total. The molecule has 1 heterocycles. The molecule has 2 aromatic carbocycles. The number of aliphatic hydroxyl groups is 1. The van der Waals surface area contributed by atoms with Crippen molar-refractivity contribution in [1.82, 2.24) is 9.80 Å². The molecule has 3 rings (SSSR count). The molecule has 0 aliphatic carbocycles. The van der Waals surface area contributed by atoms with Gasteiger partial charge in [0.05, 0.1) is 18.7 Å². The summed E-state index contributed by atoms with van der Waals surface area (Å²) in [5, 5.41) is 11.7. The third-order valence-electron chi connectivity index (χ3n) is 6.60. The van der Waals surface area contributed by atoms with Gasteiger partial charge in [0.15, 0.2) is 0 Å². The lowest BCUT2D eigenvalue weighted by atomic mass is 9.95. The topological polar surface area (TPSA) is 70.1 Å². The minimum Gasteiger partial charge on any atom is -0.507 e. The summed E-state index contributed by atoms with van der Waals surface area (Å²) in [6, 6.07) is 13.2. The van der Waals surface area contributed by atoms with Crippen LogP contribution in [0, 0.1) is 0 Å². The van der Waals surface area contributed by atoms with Crippen molar-refractivity contribution in [2.75, 3.05) is 33.3 Å². The highest BCUT2D eigenvalue weighted by Gasteiger charge is 2.45. The summed E-state index contributed by atoms with van der Waals surface area (Å²) < 4.78 is 5.40. The number of rotatable bonds is 13. The number of aliphatic hydroxyl groups excluding tert-OH is 1. The molecule has 1 amide bonds. The van der Waals surface area contributed by atoms with Crippen LogP contribution in [0.5, 0.6) is 5.75 Å². The second-order valence-electron chi connectivity index (χ2n) is 9.18. The van der Waals surface area contributed by atoms with Crippen LogP contribution in [-0.4, -0.2) is 59.9 Å². The lowest BCUT2D eigenvalue weighted by Gasteiger charge is -2.27. The molecule has 1 aliphatic rings. The second kappa shape index (κ2) is 13.5. The number of Topliss-reactive ketones (excluding diaryl/α,β-unsaturated/α-hetero) is 1. The van der Waals surface area contributed by atoms with Gasteiger partial charge in [0.25, 0.3) is 11.7 Å². The molecule has 194 valence electrons. The Morgan fingerprint density at radius 1 is 1.00 bits per heavy atom. The van der Waals surface area contributed by atoms with Gasteiger partial charge in [0, 0.05) is 17.1 Å². The third kappa shape index (κ3) is 6.68. The Bertz CT molecular complexity index is 1060. The van der Waals surface area contributed by atoms with Crippen LogP contribution in [0.15, 0.2) is 54.1 Å². The Balaban J connectivity index is 1.93. The minimum atomic E-state index is -0.699. The molecule has 1 aliphatic heterocycles. The van der Waals surface area contributed by atoms with Gasteiger partial charge < -0.3 is 19.6 Å². The van der Waals surface area contributed by atoms with Crippen LogP contribution in [-0.2, 0) is 9.59 Å². The smallest absolute Gasteiger partial charge is 0.295 e. The highest BCUT2D eigenvalue weighted by molar-refractivity contribution is 6.46. The largest absolute Gasteiger partial charge is 0.507 e. The molecule has 0 bridgehead atoms. The number of unbranched alkanes of at least 4 members (excludes halogenated alkanes) is 2. The van der Waals surface area contributed by atoms with Crippen molar-refractivity contribution in [2.45, 2.75) is 52.0 Å². The molecule has 7 heteroatoms. The van der Waals surface area contributed by atoms with E-state index in [1.165, 1.54) is 0 Å². The summed E-state index contributed by atoms with van der Waals surface area (Å²) in [4.78, 5) is 30.5. The Morgan fingerprint density at radius 3 is 2.25 bits per heavy atom. The maximum Gasteiger partial charge on any atom is 0.295 e. The van der Waals surface area contributed by atoms with Gasteiger partial charge in [-0.15, -0.1) is 0 Å². The predicted octanol–water partition coefficient (Wildman–Crippen LogP) is 6.06. The standard InChI is InChI=1S/C29H37ClN2O4/c1-4-6-16-31(17-7-5-2)18-9-19-32-26(22-10-8-11-24(20-22)36-3)25(28(34)29(32)35)27(33)21-12-14-23(30)15-13-21/h8,10-15,20,26,33H,4-7,9,16-19H2,1-3H3/b27-25-. The van der Waals surface area contributed by atoms with Gasteiger partial charge in [0.2, 0.25) is 0 Å². The number of hydrogen-bond acceptors (Lipinski definition) is 5. The van der Waals surface area contributed by atoms with Crippen LogP contribution in [0.3, 0.4) is 0 Å². The Hall–Kier alpha value is -2.83. The Morgan fingerprint density at radius 2 is 1.64 bits per heavy atom. The molecule has 1 saturated heterocycles. The zero-order valence-corrected chi connectivity index (χ0v) is 22.3. The fourth-order valence-electron chi connectivity index (χ4n) is 4.60. The quantitative estimate of drug-likeness (QED) is 0.200. The number of halogens is 1. The fraction of sp³-hybridized carbons (Fsp3) is 0.448. The van der Waals surface area contributed by atoms with Gasteiger partial charge in [-0.3, -0.25) is 9.59 Å². The molecular formula is C29H37ClN2O4. The molecule has 1 atom stereocenters. The molecule has 2 aromatic rings. The van der Waals surface area contributed by atoms with Crippen molar-refractivity contribution in [3.05, 3.63) is 70.3 Å². The molecule has 0 saturated carbocycles. The number of carbonyl (C=O) groups excluding carboxylic acids is 2. The lowest BCUT2D eigenvalue weighted by Crippen LogP contribution is -2.34. The highest BCUT2D eigenvalue weighted by Crippen LogP contribution is 2.40. The average molecular weight is 513 g/mol. The van der Waals surface area contributed by atoms with Crippen LogP contribution in [0.1, 0.15) is 63.1 Å². The van der Waals surface area contributed by atoms with Crippen LogP contribution in [0.2, 0.25) is 5.02 Å². The van der Waals surface area contributed by atoms with E-state index in [4.69, 9.17) is 16.3 Å². The van der Waals surface area contributed by atoms with E-state index in [0.29, 0.717) is 22.9 Å². The van der Waals surface area contributed by atoms with Crippen molar-refractivity contribution in [3.63, 3.8) is 0 Å². The van der Waals surface area contributed by atoms with Crippen LogP contribution in [0.4, 0.5) is 0 Å². The van der Waals surface area contributed by atoms with Crippen molar-refractivity contribution >= 4 is 29.1 Å². The summed E-state index contributed by atoms with van der Waals surface area (Å²) in [5.41, 5.74) is 1.25. The number of amides is 1. The summed E-state index contributed by atoms with van der Waals surface area (Å²) in [5.74, 6) is -0.848. The van der Waals surface area contributed by atoms with Gasteiger partial charge in [-0.25, -0.2) is 0 Å². The number of hydrogen-bond donors (Lipinski definition) is 1. The van der Waals surface area contributed by atoms with E-state index >= 15 is 0 Å². The Labute approximate surface area is 219 Å². The van der Waals surface area contributed by atoms with Crippen LogP contribution in [0.25, 0.3) is 5.76 Å². The monoisotopic (exact) mass is 512 g/mol. The minimum absolute atomic E-state index is 0.0874. The van der Waals surface area contributed by atoms with Crippen molar-refractivity contribution < 1.29 is 19.4 Å². The predicted molar refractivity (Wildman–Crippen MR) is 144 cm³/mol. The van der Waals surface area contributed by atoms with E-state index in [-0.39, 0.29) is 11.3 Å². The molecule has 0 spiro atoms.